The number of anilines is 1. The second-order valence-corrected chi connectivity index (χ2v) is 4.73. The fraction of sp³-hybridized carbons (Fsp3) is 0.188. The Morgan fingerprint density at radius 1 is 0.944 bits per heavy atom. The number of para-hydroxylation sites is 1. The van der Waals surface area contributed by atoms with Crippen LogP contribution in [0, 0.1) is 0 Å². The van der Waals surface area contributed by atoms with Gasteiger partial charge in [0.15, 0.2) is 0 Å². The zero-order chi connectivity index (χ0) is 12.7. The highest BCUT2D eigenvalue weighted by atomic mass is 16.2. The number of amides is 1. The molecule has 2 aromatic carbocycles. The second kappa shape index (κ2) is 3.98. The number of carbonyl (C=O) groups is 1. The molecule has 0 unspecified atom stereocenters. The average Bonchev–Trinajstić information content (AvgIpc) is 2.51. The summed E-state index contributed by atoms with van der Waals surface area (Å²) in [7, 11) is 1.84. The van der Waals surface area contributed by atoms with E-state index in [1.807, 2.05) is 49.5 Å². The standard InChI is InChI=1S/C16H15NO/c1-11-12-7-3-4-9-14(12)16(18)17(2)15-10-6-5-8-13(11)15/h3-11H,1-2H3/t11-/m0/s1. The van der Waals surface area contributed by atoms with Crippen LogP contribution in [0.25, 0.3) is 0 Å². The molecule has 0 saturated heterocycles. The summed E-state index contributed by atoms with van der Waals surface area (Å²) in [6.45, 7) is 2.16. The van der Waals surface area contributed by atoms with E-state index in [2.05, 4.69) is 13.0 Å². The molecule has 2 heteroatoms. The van der Waals surface area contributed by atoms with Gasteiger partial charge in [-0.2, -0.15) is 0 Å². The molecular weight excluding hydrogens is 222 g/mol. The molecule has 0 fully saturated rings. The minimum atomic E-state index is 0.0717. The summed E-state index contributed by atoms with van der Waals surface area (Å²) in [6, 6.07) is 16.0. The van der Waals surface area contributed by atoms with Crippen LogP contribution in [-0.4, -0.2) is 13.0 Å². The molecule has 3 rings (SSSR count). The minimum Gasteiger partial charge on any atom is -0.311 e. The van der Waals surface area contributed by atoms with Crippen LogP contribution >= 0.6 is 0 Å². The number of carbonyl (C=O) groups excluding carboxylic acids is 1. The third-order valence-electron chi connectivity index (χ3n) is 3.73. The summed E-state index contributed by atoms with van der Waals surface area (Å²) < 4.78 is 0. The van der Waals surface area contributed by atoms with Gasteiger partial charge in [-0.1, -0.05) is 43.3 Å². The predicted molar refractivity (Wildman–Crippen MR) is 73.1 cm³/mol. The molecule has 0 bridgehead atoms. The highest BCUT2D eigenvalue weighted by Crippen LogP contribution is 2.37. The molecular formula is C16H15NO. The van der Waals surface area contributed by atoms with E-state index in [0.29, 0.717) is 0 Å². The first-order valence-electron chi connectivity index (χ1n) is 6.16. The monoisotopic (exact) mass is 237 g/mol. The first kappa shape index (κ1) is 11.0. The zero-order valence-electron chi connectivity index (χ0n) is 10.6. The van der Waals surface area contributed by atoms with Gasteiger partial charge in [0.1, 0.15) is 0 Å². The maximum atomic E-state index is 12.5. The van der Waals surface area contributed by atoms with E-state index in [4.69, 9.17) is 0 Å². The van der Waals surface area contributed by atoms with Gasteiger partial charge in [-0.25, -0.2) is 0 Å². The number of fused-ring (bicyclic) bond motifs is 2. The normalized spacial score (nSPS) is 18.0. The van der Waals surface area contributed by atoms with Gasteiger partial charge in [0.25, 0.3) is 5.91 Å². The summed E-state index contributed by atoms with van der Waals surface area (Å²) in [5.74, 6) is 0.314. The van der Waals surface area contributed by atoms with E-state index >= 15 is 0 Å². The molecule has 2 nitrogen and oxygen atoms in total. The van der Waals surface area contributed by atoms with Crippen LogP contribution < -0.4 is 4.90 Å². The molecule has 1 aliphatic rings. The van der Waals surface area contributed by atoms with Gasteiger partial charge >= 0.3 is 0 Å². The van der Waals surface area contributed by atoms with E-state index in [1.54, 1.807) is 4.90 Å². The Morgan fingerprint density at radius 3 is 2.33 bits per heavy atom. The number of rotatable bonds is 0. The summed E-state index contributed by atoms with van der Waals surface area (Å²) in [5.41, 5.74) is 4.13. The van der Waals surface area contributed by atoms with E-state index in [9.17, 15) is 4.79 Å². The fourth-order valence-corrected chi connectivity index (χ4v) is 2.69. The molecule has 18 heavy (non-hydrogen) atoms. The van der Waals surface area contributed by atoms with Crippen molar-refractivity contribution in [2.24, 2.45) is 0 Å². The number of hydrogen-bond acceptors (Lipinski definition) is 1. The van der Waals surface area contributed by atoms with Gasteiger partial charge < -0.3 is 4.90 Å². The van der Waals surface area contributed by atoms with Crippen LogP contribution in [-0.2, 0) is 0 Å². The maximum Gasteiger partial charge on any atom is 0.258 e. The quantitative estimate of drug-likeness (QED) is 0.687. The van der Waals surface area contributed by atoms with Crippen molar-refractivity contribution in [3.05, 3.63) is 65.2 Å². The van der Waals surface area contributed by atoms with Gasteiger partial charge in [-0.15, -0.1) is 0 Å². The highest BCUT2D eigenvalue weighted by Gasteiger charge is 2.27. The van der Waals surface area contributed by atoms with E-state index in [1.165, 1.54) is 5.56 Å². The highest BCUT2D eigenvalue weighted by molar-refractivity contribution is 6.08. The van der Waals surface area contributed by atoms with E-state index < -0.39 is 0 Å². The third kappa shape index (κ3) is 1.46. The lowest BCUT2D eigenvalue weighted by Crippen LogP contribution is -2.25. The summed E-state index contributed by atoms with van der Waals surface area (Å²) in [6.07, 6.45) is 0. The number of benzene rings is 2. The molecule has 0 saturated carbocycles. The van der Waals surface area contributed by atoms with Crippen molar-refractivity contribution in [2.45, 2.75) is 12.8 Å². The Kier molecular flexibility index (Phi) is 2.44. The maximum absolute atomic E-state index is 12.5. The van der Waals surface area contributed by atoms with Crippen molar-refractivity contribution < 1.29 is 4.79 Å². The van der Waals surface area contributed by atoms with Gasteiger partial charge in [-0.3, -0.25) is 4.79 Å². The summed E-state index contributed by atoms with van der Waals surface area (Å²) in [5, 5.41) is 0. The van der Waals surface area contributed by atoms with Crippen molar-refractivity contribution >= 4 is 11.6 Å². The molecule has 1 aliphatic heterocycles. The molecule has 2 aromatic rings. The Balaban J connectivity index is 2.31. The van der Waals surface area contributed by atoms with E-state index in [0.717, 1.165) is 16.8 Å². The van der Waals surface area contributed by atoms with Crippen LogP contribution in [0.3, 0.4) is 0 Å². The first-order valence-corrected chi connectivity index (χ1v) is 6.16. The molecule has 0 spiro atoms. The predicted octanol–water partition coefficient (Wildman–Crippen LogP) is 3.43. The smallest absolute Gasteiger partial charge is 0.258 e. The van der Waals surface area contributed by atoms with Crippen LogP contribution in [0.5, 0.6) is 0 Å². The Labute approximate surface area is 107 Å². The fourth-order valence-electron chi connectivity index (χ4n) is 2.69. The first-order chi connectivity index (χ1) is 8.70. The molecule has 0 radical (unpaired) electrons. The number of hydrogen-bond donors (Lipinski definition) is 0. The lowest BCUT2D eigenvalue weighted by molar-refractivity contribution is 0.0993. The third-order valence-corrected chi connectivity index (χ3v) is 3.73. The SMILES string of the molecule is C[C@H]1c2ccccc2C(=O)N(C)c2ccccc21. The summed E-state index contributed by atoms with van der Waals surface area (Å²) >= 11 is 0. The molecule has 1 amide bonds. The molecule has 1 atom stereocenters. The zero-order valence-corrected chi connectivity index (χ0v) is 10.6. The van der Waals surface area contributed by atoms with Crippen molar-refractivity contribution in [1.29, 1.82) is 0 Å². The molecule has 0 N–H and O–H groups in total. The van der Waals surface area contributed by atoms with Crippen LogP contribution in [0.4, 0.5) is 5.69 Å². The Hall–Kier alpha value is -2.09. The van der Waals surface area contributed by atoms with Crippen molar-refractivity contribution in [3.63, 3.8) is 0 Å². The second-order valence-electron chi connectivity index (χ2n) is 4.73. The number of nitrogens with zero attached hydrogens (tertiary/aromatic N) is 1. The molecule has 90 valence electrons. The van der Waals surface area contributed by atoms with Gasteiger partial charge in [0, 0.05) is 24.2 Å². The van der Waals surface area contributed by atoms with Crippen LogP contribution in [0.2, 0.25) is 0 Å². The molecule has 0 aliphatic carbocycles. The Bertz CT molecular complexity index is 618. The van der Waals surface area contributed by atoms with Crippen LogP contribution in [0.15, 0.2) is 48.5 Å². The summed E-state index contributed by atoms with van der Waals surface area (Å²) in [4.78, 5) is 14.2. The van der Waals surface area contributed by atoms with Crippen molar-refractivity contribution in [1.82, 2.24) is 0 Å². The lowest BCUT2D eigenvalue weighted by atomic mass is 9.90. The van der Waals surface area contributed by atoms with Crippen molar-refractivity contribution in [2.75, 3.05) is 11.9 Å². The lowest BCUT2D eigenvalue weighted by Gasteiger charge is -2.18. The topological polar surface area (TPSA) is 20.3 Å². The minimum absolute atomic E-state index is 0.0717. The van der Waals surface area contributed by atoms with E-state index in [-0.39, 0.29) is 11.8 Å². The molecule has 0 aromatic heterocycles. The average molecular weight is 237 g/mol. The molecule has 1 heterocycles. The largest absolute Gasteiger partial charge is 0.311 e. The Morgan fingerprint density at radius 2 is 1.56 bits per heavy atom. The van der Waals surface area contributed by atoms with Crippen LogP contribution in [0.1, 0.15) is 34.3 Å². The van der Waals surface area contributed by atoms with Gasteiger partial charge in [0.05, 0.1) is 0 Å². The van der Waals surface area contributed by atoms with Gasteiger partial charge in [-0.05, 0) is 23.3 Å². The van der Waals surface area contributed by atoms with Crippen molar-refractivity contribution in [3.8, 4) is 0 Å². The van der Waals surface area contributed by atoms with Gasteiger partial charge in [0.2, 0.25) is 0 Å².